The SMILES string of the molecule is CCc1ccccc1C(=O)Cc1ccc(F)cc1. The van der Waals surface area contributed by atoms with Gasteiger partial charge in [-0.1, -0.05) is 43.3 Å². The highest BCUT2D eigenvalue weighted by Crippen LogP contribution is 2.13. The molecule has 0 unspecified atom stereocenters. The van der Waals surface area contributed by atoms with E-state index in [4.69, 9.17) is 0 Å². The fourth-order valence-corrected chi connectivity index (χ4v) is 1.98. The number of rotatable bonds is 4. The van der Waals surface area contributed by atoms with Gasteiger partial charge in [-0.2, -0.15) is 0 Å². The van der Waals surface area contributed by atoms with E-state index in [9.17, 15) is 9.18 Å². The van der Waals surface area contributed by atoms with Gasteiger partial charge in [0.05, 0.1) is 0 Å². The number of halogens is 1. The Morgan fingerprint density at radius 1 is 1.06 bits per heavy atom. The largest absolute Gasteiger partial charge is 0.294 e. The Bertz CT molecular complexity index is 543. The third-order valence-electron chi connectivity index (χ3n) is 2.98. The predicted molar refractivity (Wildman–Crippen MR) is 70.3 cm³/mol. The van der Waals surface area contributed by atoms with Gasteiger partial charge in [0.25, 0.3) is 0 Å². The first kappa shape index (κ1) is 12.5. The molecule has 0 aliphatic rings. The molecule has 2 rings (SSSR count). The summed E-state index contributed by atoms with van der Waals surface area (Å²) in [6, 6.07) is 13.7. The van der Waals surface area contributed by atoms with Crippen LogP contribution in [0.3, 0.4) is 0 Å². The summed E-state index contributed by atoms with van der Waals surface area (Å²) in [4.78, 5) is 12.2. The summed E-state index contributed by atoms with van der Waals surface area (Å²) in [6.45, 7) is 2.03. The lowest BCUT2D eigenvalue weighted by atomic mass is 9.97. The molecule has 0 aromatic heterocycles. The minimum Gasteiger partial charge on any atom is -0.294 e. The van der Waals surface area contributed by atoms with Crippen LogP contribution in [0, 0.1) is 5.82 Å². The molecule has 1 nitrogen and oxygen atoms in total. The van der Waals surface area contributed by atoms with Gasteiger partial charge in [-0.25, -0.2) is 4.39 Å². The van der Waals surface area contributed by atoms with Gasteiger partial charge in [-0.15, -0.1) is 0 Å². The van der Waals surface area contributed by atoms with Crippen molar-refractivity contribution in [2.24, 2.45) is 0 Å². The first-order valence-electron chi connectivity index (χ1n) is 6.06. The third-order valence-corrected chi connectivity index (χ3v) is 2.98. The zero-order valence-corrected chi connectivity index (χ0v) is 10.3. The molecule has 2 aromatic carbocycles. The molecule has 0 fully saturated rings. The summed E-state index contributed by atoms with van der Waals surface area (Å²) in [5.41, 5.74) is 2.67. The minimum absolute atomic E-state index is 0.0825. The van der Waals surface area contributed by atoms with E-state index in [0.29, 0.717) is 6.42 Å². The Balaban J connectivity index is 2.19. The lowest BCUT2D eigenvalue weighted by Crippen LogP contribution is -2.06. The Morgan fingerprint density at radius 2 is 1.72 bits per heavy atom. The van der Waals surface area contributed by atoms with E-state index in [2.05, 4.69) is 0 Å². The van der Waals surface area contributed by atoms with E-state index in [1.54, 1.807) is 12.1 Å². The second-order valence-corrected chi connectivity index (χ2v) is 4.24. The maximum atomic E-state index is 12.8. The standard InChI is InChI=1S/C16H15FO/c1-2-13-5-3-4-6-15(13)16(18)11-12-7-9-14(17)10-8-12/h3-10H,2,11H2,1H3. The maximum Gasteiger partial charge on any atom is 0.167 e. The molecule has 18 heavy (non-hydrogen) atoms. The Hall–Kier alpha value is -1.96. The molecule has 0 amide bonds. The van der Waals surface area contributed by atoms with Crippen LogP contribution < -0.4 is 0 Å². The van der Waals surface area contributed by atoms with Crippen LogP contribution in [0.15, 0.2) is 48.5 Å². The second kappa shape index (κ2) is 5.58. The van der Waals surface area contributed by atoms with E-state index in [1.165, 1.54) is 12.1 Å². The summed E-state index contributed by atoms with van der Waals surface area (Å²) in [6.07, 6.45) is 1.16. The van der Waals surface area contributed by atoms with Gasteiger partial charge >= 0.3 is 0 Å². The van der Waals surface area contributed by atoms with E-state index >= 15 is 0 Å². The molecule has 0 aliphatic heterocycles. The smallest absolute Gasteiger partial charge is 0.167 e. The molecular weight excluding hydrogens is 227 g/mol. The Morgan fingerprint density at radius 3 is 2.39 bits per heavy atom. The van der Waals surface area contributed by atoms with Crippen LogP contribution in [0.5, 0.6) is 0 Å². The zero-order chi connectivity index (χ0) is 13.0. The first-order chi connectivity index (χ1) is 8.70. The van der Waals surface area contributed by atoms with Crippen LogP contribution >= 0.6 is 0 Å². The average molecular weight is 242 g/mol. The highest BCUT2D eigenvalue weighted by atomic mass is 19.1. The van der Waals surface area contributed by atoms with Crippen molar-refractivity contribution in [2.75, 3.05) is 0 Å². The van der Waals surface area contributed by atoms with Gasteiger partial charge in [0.2, 0.25) is 0 Å². The molecular formula is C16H15FO. The van der Waals surface area contributed by atoms with E-state index in [1.807, 2.05) is 31.2 Å². The van der Waals surface area contributed by atoms with Crippen LogP contribution in [-0.2, 0) is 12.8 Å². The molecule has 0 N–H and O–H groups in total. The monoisotopic (exact) mass is 242 g/mol. The van der Waals surface area contributed by atoms with Crippen molar-refractivity contribution in [1.82, 2.24) is 0 Å². The number of carbonyl (C=O) groups is 1. The van der Waals surface area contributed by atoms with Gasteiger partial charge in [0, 0.05) is 12.0 Å². The third kappa shape index (κ3) is 2.83. The maximum absolute atomic E-state index is 12.8. The molecule has 92 valence electrons. The van der Waals surface area contributed by atoms with Crippen molar-refractivity contribution < 1.29 is 9.18 Å². The molecule has 0 radical (unpaired) electrons. The molecule has 0 saturated heterocycles. The van der Waals surface area contributed by atoms with Crippen LogP contribution in [0.1, 0.15) is 28.4 Å². The minimum atomic E-state index is -0.278. The predicted octanol–water partition coefficient (Wildman–Crippen LogP) is 3.81. The number of hydrogen-bond acceptors (Lipinski definition) is 1. The molecule has 0 bridgehead atoms. The highest BCUT2D eigenvalue weighted by Gasteiger charge is 2.10. The number of aryl methyl sites for hydroxylation is 1. The van der Waals surface area contributed by atoms with Gasteiger partial charge in [0.15, 0.2) is 5.78 Å². The zero-order valence-electron chi connectivity index (χ0n) is 10.3. The number of benzene rings is 2. The van der Waals surface area contributed by atoms with Gasteiger partial charge in [0.1, 0.15) is 5.82 Å². The number of ketones is 1. The van der Waals surface area contributed by atoms with E-state index in [0.717, 1.165) is 23.1 Å². The number of hydrogen-bond donors (Lipinski definition) is 0. The number of carbonyl (C=O) groups excluding carboxylic acids is 1. The lowest BCUT2D eigenvalue weighted by Gasteiger charge is -2.06. The van der Waals surface area contributed by atoms with Gasteiger partial charge < -0.3 is 0 Å². The summed E-state index contributed by atoms with van der Waals surface area (Å²) >= 11 is 0. The molecule has 0 saturated carbocycles. The van der Waals surface area contributed by atoms with Crippen LogP contribution in [0.25, 0.3) is 0 Å². The lowest BCUT2D eigenvalue weighted by molar-refractivity contribution is 0.0992. The van der Waals surface area contributed by atoms with E-state index < -0.39 is 0 Å². The molecule has 0 atom stereocenters. The fraction of sp³-hybridized carbons (Fsp3) is 0.188. The topological polar surface area (TPSA) is 17.1 Å². The Kier molecular flexibility index (Phi) is 3.88. The fourth-order valence-electron chi connectivity index (χ4n) is 1.98. The normalized spacial score (nSPS) is 10.3. The Labute approximate surface area is 106 Å². The van der Waals surface area contributed by atoms with Gasteiger partial charge in [-0.05, 0) is 29.7 Å². The van der Waals surface area contributed by atoms with Crippen molar-refractivity contribution >= 4 is 5.78 Å². The highest BCUT2D eigenvalue weighted by molar-refractivity contribution is 5.98. The molecule has 2 heteroatoms. The number of Topliss-reactive ketones (excluding diaryl/α,β-unsaturated/α-hetero) is 1. The average Bonchev–Trinajstić information content (AvgIpc) is 2.41. The molecule has 2 aromatic rings. The molecule has 0 aliphatic carbocycles. The van der Waals surface area contributed by atoms with E-state index in [-0.39, 0.29) is 11.6 Å². The summed E-state index contributed by atoms with van der Waals surface area (Å²) in [5, 5.41) is 0. The van der Waals surface area contributed by atoms with Crippen molar-refractivity contribution in [1.29, 1.82) is 0 Å². The van der Waals surface area contributed by atoms with Crippen LogP contribution in [-0.4, -0.2) is 5.78 Å². The van der Waals surface area contributed by atoms with Crippen LogP contribution in [0.2, 0.25) is 0 Å². The van der Waals surface area contributed by atoms with Crippen molar-refractivity contribution in [3.05, 3.63) is 71.0 Å². The molecule has 0 heterocycles. The summed E-state index contributed by atoms with van der Waals surface area (Å²) in [7, 11) is 0. The van der Waals surface area contributed by atoms with Gasteiger partial charge in [-0.3, -0.25) is 4.79 Å². The van der Waals surface area contributed by atoms with Crippen molar-refractivity contribution in [3.63, 3.8) is 0 Å². The van der Waals surface area contributed by atoms with Crippen molar-refractivity contribution in [2.45, 2.75) is 19.8 Å². The first-order valence-corrected chi connectivity index (χ1v) is 6.06. The summed E-state index contributed by atoms with van der Waals surface area (Å²) in [5.74, 6) is -0.195. The van der Waals surface area contributed by atoms with Crippen LogP contribution in [0.4, 0.5) is 4.39 Å². The second-order valence-electron chi connectivity index (χ2n) is 4.24. The van der Waals surface area contributed by atoms with Crippen molar-refractivity contribution in [3.8, 4) is 0 Å². The quantitative estimate of drug-likeness (QED) is 0.745. The molecule has 0 spiro atoms. The summed E-state index contributed by atoms with van der Waals surface area (Å²) < 4.78 is 12.8.